The zero-order chi connectivity index (χ0) is 19.9. The number of hydrogen-bond acceptors (Lipinski definition) is 3. The molecule has 0 saturated carbocycles. The van der Waals surface area contributed by atoms with Gasteiger partial charge in [0, 0.05) is 26.2 Å². The van der Waals surface area contributed by atoms with Crippen LogP contribution in [0.4, 0.5) is 13.2 Å². The van der Waals surface area contributed by atoms with Crippen LogP contribution >= 0.6 is 12.4 Å². The van der Waals surface area contributed by atoms with E-state index < -0.39 is 23.0 Å². The van der Waals surface area contributed by atoms with Gasteiger partial charge in [0.2, 0.25) is 0 Å². The molecule has 156 valence electrons. The largest absolute Gasteiger partial charge is 0.507 e. The first-order valence-electron chi connectivity index (χ1n) is 9.12. The van der Waals surface area contributed by atoms with Crippen molar-refractivity contribution >= 4 is 12.4 Å². The molecule has 1 aliphatic heterocycles. The van der Waals surface area contributed by atoms with Crippen LogP contribution in [0.5, 0.6) is 5.75 Å². The second kappa shape index (κ2) is 8.18. The lowest BCUT2D eigenvalue weighted by Crippen LogP contribution is -2.49. The zero-order valence-corrected chi connectivity index (χ0v) is 17.8. The highest BCUT2D eigenvalue weighted by atomic mass is 35.5. The molecule has 0 aliphatic carbocycles. The van der Waals surface area contributed by atoms with Gasteiger partial charge in [-0.2, -0.15) is 13.2 Å². The Morgan fingerprint density at radius 2 is 1.33 bits per heavy atom. The summed E-state index contributed by atoms with van der Waals surface area (Å²) in [5, 5.41) is 13.9. The van der Waals surface area contributed by atoms with Crippen LogP contribution in [0.15, 0.2) is 12.1 Å². The number of hydrogen-bond donors (Lipinski definition) is 2. The summed E-state index contributed by atoms with van der Waals surface area (Å²) in [4.78, 5) is 1.49. The highest BCUT2D eigenvalue weighted by Gasteiger charge is 2.46. The molecule has 2 N–H and O–H groups in total. The zero-order valence-electron chi connectivity index (χ0n) is 17.0. The van der Waals surface area contributed by atoms with E-state index in [0.29, 0.717) is 37.3 Å². The van der Waals surface area contributed by atoms with Gasteiger partial charge in [-0.05, 0) is 39.7 Å². The van der Waals surface area contributed by atoms with Crippen LogP contribution in [-0.4, -0.2) is 42.4 Å². The van der Waals surface area contributed by atoms with E-state index in [2.05, 4.69) is 5.32 Å². The lowest BCUT2D eigenvalue weighted by molar-refractivity contribution is -0.187. The molecule has 1 aromatic rings. The number of nitrogens with zero attached hydrogens (tertiary/aromatic N) is 1. The van der Waals surface area contributed by atoms with E-state index in [1.807, 2.05) is 41.5 Å². The first kappa shape index (κ1) is 24.1. The fourth-order valence-corrected chi connectivity index (χ4v) is 3.51. The second-order valence-electron chi connectivity index (χ2n) is 9.19. The van der Waals surface area contributed by atoms with Crippen LogP contribution in [0.3, 0.4) is 0 Å². The molecular weight excluding hydrogens is 377 g/mol. The van der Waals surface area contributed by atoms with Gasteiger partial charge < -0.3 is 10.4 Å². The number of halogens is 4. The summed E-state index contributed by atoms with van der Waals surface area (Å²) in [6.07, 6.45) is -4.38. The van der Waals surface area contributed by atoms with Crippen molar-refractivity contribution in [2.45, 2.75) is 64.6 Å². The average Bonchev–Trinajstić information content (AvgIpc) is 2.46. The molecule has 0 amide bonds. The van der Waals surface area contributed by atoms with Crippen molar-refractivity contribution in [3.8, 4) is 5.75 Å². The smallest absolute Gasteiger partial charge is 0.408 e. The summed E-state index contributed by atoms with van der Waals surface area (Å²) in [6.45, 7) is 13.2. The van der Waals surface area contributed by atoms with Crippen molar-refractivity contribution in [1.29, 1.82) is 0 Å². The SMILES string of the molecule is CC(C)(C)c1cc([C@H](N2CCNCC2)C(F)(F)F)cc(C(C)(C)C)c1O.Cl. The van der Waals surface area contributed by atoms with Crippen molar-refractivity contribution < 1.29 is 18.3 Å². The van der Waals surface area contributed by atoms with Crippen molar-refractivity contribution in [3.63, 3.8) is 0 Å². The Morgan fingerprint density at radius 1 is 0.926 bits per heavy atom. The number of rotatable bonds is 2. The molecule has 1 fully saturated rings. The standard InChI is InChI=1S/C20H31F3N2O.ClH/c1-18(2,3)14-11-13(12-15(16(14)26)19(4,5)6)17(20(21,22)23)25-9-7-24-8-10-25;/h11-12,17,24,26H,7-10H2,1-6H3;1H/t17-;/m0./s1. The van der Waals surface area contributed by atoms with Gasteiger partial charge in [0.05, 0.1) is 0 Å². The Balaban J connectivity index is 0.00000364. The highest BCUT2D eigenvalue weighted by molar-refractivity contribution is 5.85. The Bertz CT molecular complexity index is 607. The Kier molecular flexibility index (Phi) is 7.28. The maximum absolute atomic E-state index is 14.0. The molecule has 0 radical (unpaired) electrons. The molecular formula is C20H32ClF3N2O. The second-order valence-corrected chi connectivity index (χ2v) is 9.19. The van der Waals surface area contributed by atoms with Crippen molar-refractivity contribution in [2.75, 3.05) is 26.2 Å². The summed E-state index contributed by atoms with van der Waals surface area (Å²) in [7, 11) is 0. The minimum Gasteiger partial charge on any atom is -0.507 e. The van der Waals surface area contributed by atoms with E-state index in [1.54, 1.807) is 12.1 Å². The quantitative estimate of drug-likeness (QED) is 0.729. The number of nitrogens with one attached hydrogen (secondary N) is 1. The molecule has 1 saturated heterocycles. The van der Waals surface area contributed by atoms with Gasteiger partial charge in [-0.15, -0.1) is 12.4 Å². The molecule has 2 rings (SSSR count). The highest BCUT2D eigenvalue weighted by Crippen LogP contribution is 2.45. The van der Waals surface area contributed by atoms with Gasteiger partial charge in [0.15, 0.2) is 0 Å². The summed E-state index contributed by atoms with van der Waals surface area (Å²) in [5.41, 5.74) is 0.417. The normalized spacial score (nSPS) is 18.1. The van der Waals surface area contributed by atoms with Gasteiger partial charge in [-0.3, -0.25) is 4.90 Å². The third-order valence-corrected chi connectivity index (χ3v) is 4.89. The number of benzene rings is 1. The van der Waals surface area contributed by atoms with Crippen molar-refractivity contribution in [1.82, 2.24) is 10.2 Å². The number of piperazine rings is 1. The first-order chi connectivity index (χ1) is 11.7. The Labute approximate surface area is 166 Å². The van der Waals surface area contributed by atoms with E-state index in [4.69, 9.17) is 0 Å². The molecule has 1 heterocycles. The maximum atomic E-state index is 14.0. The van der Waals surface area contributed by atoms with Gasteiger partial charge in [-0.1, -0.05) is 41.5 Å². The first-order valence-corrected chi connectivity index (χ1v) is 9.12. The fourth-order valence-electron chi connectivity index (χ4n) is 3.51. The predicted octanol–water partition coefficient (Wildman–Crippen LogP) is 4.92. The van der Waals surface area contributed by atoms with E-state index >= 15 is 0 Å². The molecule has 27 heavy (non-hydrogen) atoms. The third-order valence-electron chi connectivity index (χ3n) is 4.89. The van der Waals surface area contributed by atoms with Gasteiger partial charge in [0.25, 0.3) is 0 Å². The van der Waals surface area contributed by atoms with Crippen LogP contribution in [0.1, 0.15) is 64.3 Å². The topological polar surface area (TPSA) is 35.5 Å². The van der Waals surface area contributed by atoms with E-state index in [-0.39, 0.29) is 23.7 Å². The van der Waals surface area contributed by atoms with Crippen LogP contribution in [0, 0.1) is 0 Å². The van der Waals surface area contributed by atoms with Gasteiger partial charge in [-0.25, -0.2) is 0 Å². The predicted molar refractivity (Wildman–Crippen MR) is 106 cm³/mol. The molecule has 7 heteroatoms. The number of alkyl halides is 3. The molecule has 1 aromatic carbocycles. The lowest BCUT2D eigenvalue weighted by atomic mass is 9.77. The van der Waals surface area contributed by atoms with Crippen molar-refractivity contribution in [3.05, 3.63) is 28.8 Å². The molecule has 1 aliphatic rings. The number of aromatic hydroxyl groups is 1. The maximum Gasteiger partial charge on any atom is 0.408 e. The Morgan fingerprint density at radius 3 is 1.67 bits per heavy atom. The third kappa shape index (κ3) is 5.52. The number of phenolic OH excluding ortho intramolecular Hbond substituents is 1. The Hall–Kier alpha value is -0.980. The lowest BCUT2D eigenvalue weighted by Gasteiger charge is -2.37. The summed E-state index contributed by atoms with van der Waals surface area (Å²) >= 11 is 0. The fraction of sp³-hybridized carbons (Fsp3) is 0.700. The number of phenols is 1. The van der Waals surface area contributed by atoms with E-state index in [1.165, 1.54) is 4.90 Å². The molecule has 0 unspecified atom stereocenters. The molecule has 0 aromatic heterocycles. The van der Waals surface area contributed by atoms with Crippen LogP contribution in [0.25, 0.3) is 0 Å². The minimum absolute atomic E-state index is 0. The molecule has 3 nitrogen and oxygen atoms in total. The van der Waals surface area contributed by atoms with E-state index in [9.17, 15) is 18.3 Å². The van der Waals surface area contributed by atoms with Crippen molar-refractivity contribution in [2.24, 2.45) is 0 Å². The van der Waals surface area contributed by atoms with Crippen LogP contribution in [0.2, 0.25) is 0 Å². The summed E-state index contributed by atoms with van der Waals surface area (Å²) < 4.78 is 42.1. The molecule has 1 atom stereocenters. The van der Waals surface area contributed by atoms with Crippen LogP contribution < -0.4 is 5.32 Å². The summed E-state index contributed by atoms with van der Waals surface area (Å²) in [6, 6.07) is 1.43. The average molecular weight is 409 g/mol. The van der Waals surface area contributed by atoms with Crippen LogP contribution in [-0.2, 0) is 10.8 Å². The summed E-state index contributed by atoms with van der Waals surface area (Å²) in [5.74, 6) is 0.106. The van der Waals surface area contributed by atoms with Gasteiger partial charge in [0.1, 0.15) is 11.8 Å². The molecule has 0 spiro atoms. The van der Waals surface area contributed by atoms with Gasteiger partial charge >= 0.3 is 6.18 Å². The monoisotopic (exact) mass is 408 g/mol. The molecule has 0 bridgehead atoms. The van der Waals surface area contributed by atoms with E-state index in [0.717, 1.165) is 0 Å². The minimum atomic E-state index is -4.38.